The number of hydrogen-bond donors (Lipinski definition) is 1. The first-order valence-corrected chi connectivity index (χ1v) is 9.32. The van der Waals surface area contributed by atoms with E-state index in [0.717, 1.165) is 30.5 Å². The number of amides is 3. The van der Waals surface area contributed by atoms with Gasteiger partial charge in [0, 0.05) is 38.8 Å². The van der Waals surface area contributed by atoms with Gasteiger partial charge >= 0.3 is 6.03 Å². The molecule has 2 heterocycles. The molecule has 2 fully saturated rings. The molecule has 0 saturated carbocycles. The van der Waals surface area contributed by atoms with Gasteiger partial charge in [0.05, 0.1) is 5.60 Å². The Morgan fingerprint density at radius 1 is 1.23 bits per heavy atom. The summed E-state index contributed by atoms with van der Waals surface area (Å²) in [6, 6.07) is 7.73. The molecule has 1 N–H and O–H groups in total. The molecule has 3 rings (SSSR count). The van der Waals surface area contributed by atoms with Crippen LogP contribution in [0.1, 0.15) is 31.7 Å². The molecule has 0 aromatic heterocycles. The van der Waals surface area contributed by atoms with E-state index in [1.54, 1.807) is 19.0 Å². The van der Waals surface area contributed by atoms with Crippen molar-refractivity contribution in [3.63, 3.8) is 0 Å². The smallest absolute Gasteiger partial charge is 0.321 e. The van der Waals surface area contributed by atoms with Crippen LogP contribution in [0, 0.1) is 12.8 Å². The average Bonchev–Trinajstić information content (AvgIpc) is 3.04. The van der Waals surface area contributed by atoms with E-state index in [-0.39, 0.29) is 29.6 Å². The number of nitrogens with zero attached hydrogens (tertiary/aromatic N) is 2. The van der Waals surface area contributed by atoms with Crippen LogP contribution in [0.3, 0.4) is 0 Å². The lowest BCUT2D eigenvalue weighted by Crippen LogP contribution is -2.53. The minimum Gasteiger partial charge on any atom is -0.362 e. The monoisotopic (exact) mass is 359 g/mol. The van der Waals surface area contributed by atoms with Crippen LogP contribution in [-0.4, -0.2) is 60.6 Å². The molecule has 3 amide bonds. The first-order valence-electron chi connectivity index (χ1n) is 9.32. The molecule has 142 valence electrons. The number of rotatable bonds is 2. The van der Waals surface area contributed by atoms with Gasteiger partial charge in [-0.2, -0.15) is 0 Å². The van der Waals surface area contributed by atoms with E-state index in [9.17, 15) is 9.59 Å². The maximum atomic E-state index is 12.6. The second-order valence-corrected chi connectivity index (χ2v) is 7.84. The summed E-state index contributed by atoms with van der Waals surface area (Å²) in [4.78, 5) is 28.2. The zero-order valence-electron chi connectivity index (χ0n) is 16.1. The predicted octanol–water partition coefficient (Wildman–Crippen LogP) is 2.87. The van der Waals surface area contributed by atoms with Crippen LogP contribution >= 0.6 is 0 Å². The van der Waals surface area contributed by atoms with Crippen LogP contribution < -0.4 is 5.32 Å². The standard InChI is InChI=1S/C20H29N3O3/c1-14-5-7-16(8-6-14)21-19(25)23-12-11-20(15(2)13-23)10-9-17(26-20)18(24)22(3)4/h5-8,15,17H,9-13H2,1-4H3,(H,21,25)/t15-,17-,20-/m1/s1. The van der Waals surface area contributed by atoms with Crippen LogP contribution in [0.5, 0.6) is 0 Å². The fraction of sp³-hybridized carbons (Fsp3) is 0.600. The predicted molar refractivity (Wildman–Crippen MR) is 101 cm³/mol. The molecule has 0 aliphatic carbocycles. The van der Waals surface area contributed by atoms with E-state index in [1.165, 1.54) is 0 Å². The number of ether oxygens (including phenoxy) is 1. The van der Waals surface area contributed by atoms with Crippen molar-refractivity contribution in [2.45, 2.75) is 44.8 Å². The molecule has 1 aromatic carbocycles. The normalized spacial score (nSPS) is 28.2. The number of piperidine rings is 1. The Labute approximate surface area is 155 Å². The highest BCUT2D eigenvalue weighted by molar-refractivity contribution is 5.89. The van der Waals surface area contributed by atoms with E-state index in [4.69, 9.17) is 4.74 Å². The molecule has 6 heteroatoms. The molecule has 26 heavy (non-hydrogen) atoms. The SMILES string of the molecule is Cc1ccc(NC(=O)N2CC[C@]3(CC[C@H](C(=O)N(C)C)O3)[C@H](C)C2)cc1. The van der Waals surface area contributed by atoms with Crippen molar-refractivity contribution in [2.75, 3.05) is 32.5 Å². The van der Waals surface area contributed by atoms with Gasteiger partial charge in [0.15, 0.2) is 0 Å². The number of benzene rings is 1. The molecular formula is C20H29N3O3. The summed E-state index contributed by atoms with van der Waals surface area (Å²) in [5.74, 6) is 0.230. The van der Waals surface area contributed by atoms with Gasteiger partial charge in [0.1, 0.15) is 6.10 Å². The molecule has 0 bridgehead atoms. The summed E-state index contributed by atoms with van der Waals surface area (Å²) >= 11 is 0. The highest BCUT2D eigenvalue weighted by Gasteiger charge is 2.49. The Morgan fingerprint density at radius 3 is 2.54 bits per heavy atom. The van der Waals surface area contributed by atoms with Gasteiger partial charge in [0.25, 0.3) is 5.91 Å². The highest BCUT2D eigenvalue weighted by Crippen LogP contribution is 2.42. The molecular weight excluding hydrogens is 330 g/mol. The molecule has 2 saturated heterocycles. The summed E-state index contributed by atoms with van der Waals surface area (Å²) < 4.78 is 6.24. The number of likely N-dealkylation sites (N-methyl/N-ethyl adjacent to an activating group) is 1. The molecule has 1 spiro atoms. The number of hydrogen-bond acceptors (Lipinski definition) is 3. The van der Waals surface area contributed by atoms with E-state index < -0.39 is 0 Å². The van der Waals surface area contributed by atoms with E-state index >= 15 is 0 Å². The number of urea groups is 1. The Morgan fingerprint density at radius 2 is 1.92 bits per heavy atom. The van der Waals surface area contributed by atoms with Crippen molar-refractivity contribution in [3.05, 3.63) is 29.8 Å². The third-order valence-electron chi connectivity index (χ3n) is 5.71. The number of carbonyl (C=O) groups excluding carboxylic acids is 2. The molecule has 0 radical (unpaired) electrons. The number of aryl methyl sites for hydroxylation is 1. The number of likely N-dealkylation sites (tertiary alicyclic amines) is 1. The van der Waals surface area contributed by atoms with Crippen molar-refractivity contribution in [2.24, 2.45) is 5.92 Å². The maximum Gasteiger partial charge on any atom is 0.321 e. The highest BCUT2D eigenvalue weighted by atomic mass is 16.5. The summed E-state index contributed by atoms with van der Waals surface area (Å²) in [7, 11) is 3.52. The minimum absolute atomic E-state index is 0.0358. The topological polar surface area (TPSA) is 61.9 Å². The summed E-state index contributed by atoms with van der Waals surface area (Å²) in [6.07, 6.45) is 2.07. The van der Waals surface area contributed by atoms with E-state index in [2.05, 4.69) is 12.2 Å². The van der Waals surface area contributed by atoms with Gasteiger partial charge in [0.2, 0.25) is 0 Å². The Balaban J connectivity index is 1.59. The van der Waals surface area contributed by atoms with Crippen LogP contribution in [0.15, 0.2) is 24.3 Å². The quantitative estimate of drug-likeness (QED) is 0.883. The first-order chi connectivity index (χ1) is 12.3. The van der Waals surface area contributed by atoms with Gasteiger partial charge < -0.3 is 19.9 Å². The lowest BCUT2D eigenvalue weighted by Gasteiger charge is -2.44. The summed E-state index contributed by atoms with van der Waals surface area (Å²) in [5, 5.41) is 2.97. The third kappa shape index (κ3) is 3.70. The molecule has 0 unspecified atom stereocenters. The molecule has 2 aliphatic heterocycles. The van der Waals surface area contributed by atoms with Gasteiger partial charge in [-0.05, 0) is 38.3 Å². The van der Waals surface area contributed by atoms with Crippen molar-refractivity contribution in [3.8, 4) is 0 Å². The third-order valence-corrected chi connectivity index (χ3v) is 5.71. The van der Waals surface area contributed by atoms with Crippen molar-refractivity contribution in [1.29, 1.82) is 0 Å². The van der Waals surface area contributed by atoms with Gasteiger partial charge in [-0.25, -0.2) is 4.79 Å². The van der Waals surface area contributed by atoms with E-state index in [1.807, 2.05) is 36.1 Å². The molecule has 3 atom stereocenters. The Bertz CT molecular complexity index is 673. The number of anilines is 1. The van der Waals surface area contributed by atoms with Crippen molar-refractivity contribution < 1.29 is 14.3 Å². The molecule has 2 aliphatic rings. The van der Waals surface area contributed by atoms with Crippen LogP contribution in [0.25, 0.3) is 0 Å². The zero-order valence-corrected chi connectivity index (χ0v) is 16.1. The second kappa shape index (κ2) is 7.27. The zero-order chi connectivity index (χ0) is 18.9. The molecule has 1 aromatic rings. The largest absolute Gasteiger partial charge is 0.362 e. The van der Waals surface area contributed by atoms with Gasteiger partial charge in [-0.3, -0.25) is 4.79 Å². The number of nitrogens with one attached hydrogen (secondary N) is 1. The summed E-state index contributed by atoms with van der Waals surface area (Å²) in [6.45, 7) is 5.42. The van der Waals surface area contributed by atoms with Crippen molar-refractivity contribution >= 4 is 17.6 Å². The fourth-order valence-corrected chi connectivity index (χ4v) is 3.97. The van der Waals surface area contributed by atoms with Crippen LogP contribution in [0.2, 0.25) is 0 Å². The van der Waals surface area contributed by atoms with Gasteiger partial charge in [-0.15, -0.1) is 0 Å². The lowest BCUT2D eigenvalue weighted by atomic mass is 9.80. The van der Waals surface area contributed by atoms with E-state index in [0.29, 0.717) is 13.1 Å². The minimum atomic E-state index is -0.347. The number of carbonyl (C=O) groups is 2. The summed E-state index contributed by atoms with van der Waals surface area (Å²) in [5.41, 5.74) is 1.69. The fourth-order valence-electron chi connectivity index (χ4n) is 3.97. The van der Waals surface area contributed by atoms with Crippen LogP contribution in [-0.2, 0) is 9.53 Å². The van der Waals surface area contributed by atoms with Gasteiger partial charge in [-0.1, -0.05) is 24.6 Å². The van der Waals surface area contributed by atoms with Crippen LogP contribution in [0.4, 0.5) is 10.5 Å². The molecule has 6 nitrogen and oxygen atoms in total. The first kappa shape index (κ1) is 18.7. The Hall–Kier alpha value is -2.08. The Kier molecular flexibility index (Phi) is 5.23. The lowest BCUT2D eigenvalue weighted by molar-refractivity contribution is -0.153. The second-order valence-electron chi connectivity index (χ2n) is 7.84. The van der Waals surface area contributed by atoms with Crippen molar-refractivity contribution in [1.82, 2.24) is 9.80 Å². The maximum absolute atomic E-state index is 12.6. The average molecular weight is 359 g/mol.